The molecule has 1 aromatic carbocycles. The van der Waals surface area contributed by atoms with Gasteiger partial charge in [-0.3, -0.25) is 14.5 Å². The molecule has 4 rings (SSSR count). The molecule has 3 heterocycles. The Bertz CT molecular complexity index is 1160. The van der Waals surface area contributed by atoms with Gasteiger partial charge < -0.3 is 5.32 Å². The molecule has 0 saturated heterocycles. The van der Waals surface area contributed by atoms with Crippen molar-refractivity contribution in [1.82, 2.24) is 29.8 Å². The van der Waals surface area contributed by atoms with Crippen LogP contribution in [0.4, 0.5) is 5.82 Å². The van der Waals surface area contributed by atoms with Gasteiger partial charge in [0.05, 0.1) is 24.0 Å². The molecule has 28 heavy (non-hydrogen) atoms. The van der Waals surface area contributed by atoms with E-state index in [-0.39, 0.29) is 12.5 Å². The van der Waals surface area contributed by atoms with Gasteiger partial charge in [-0.1, -0.05) is 18.2 Å². The lowest BCUT2D eigenvalue weighted by Crippen LogP contribution is -2.20. The number of nitrogens with one attached hydrogen (secondary N) is 1. The van der Waals surface area contributed by atoms with E-state index in [9.17, 15) is 4.79 Å². The second-order valence-corrected chi connectivity index (χ2v) is 6.59. The normalized spacial score (nSPS) is 11.1. The summed E-state index contributed by atoms with van der Waals surface area (Å²) < 4.78 is 1.71. The van der Waals surface area contributed by atoms with Gasteiger partial charge in [0.2, 0.25) is 5.91 Å². The van der Waals surface area contributed by atoms with Gasteiger partial charge in [0.25, 0.3) is 0 Å². The van der Waals surface area contributed by atoms with E-state index in [1.54, 1.807) is 4.68 Å². The van der Waals surface area contributed by atoms with Crippen molar-refractivity contribution < 1.29 is 4.79 Å². The first kappa shape index (κ1) is 17.8. The van der Waals surface area contributed by atoms with Gasteiger partial charge in [-0.25, -0.2) is 0 Å². The Kier molecular flexibility index (Phi) is 4.60. The lowest BCUT2D eigenvalue weighted by atomic mass is 10.0. The molecule has 0 atom stereocenters. The maximum absolute atomic E-state index is 12.4. The Hall–Kier alpha value is -3.55. The molecule has 142 valence electrons. The maximum Gasteiger partial charge on any atom is 0.247 e. The number of hydrogen-bond acceptors (Lipinski definition) is 5. The lowest BCUT2D eigenvalue weighted by Gasteiger charge is -2.06. The van der Waals surface area contributed by atoms with E-state index in [0.29, 0.717) is 12.4 Å². The first-order valence-corrected chi connectivity index (χ1v) is 9.14. The zero-order valence-electron chi connectivity index (χ0n) is 16.0. The topological polar surface area (TPSA) is 90.5 Å². The Balaban J connectivity index is 1.58. The maximum atomic E-state index is 12.4. The molecule has 0 fully saturated rings. The molecule has 0 unspecified atom stereocenters. The number of rotatable bonds is 5. The minimum atomic E-state index is -0.197. The summed E-state index contributed by atoms with van der Waals surface area (Å²) >= 11 is 0. The average molecular weight is 375 g/mol. The first-order chi connectivity index (χ1) is 13.5. The number of anilines is 1. The van der Waals surface area contributed by atoms with Gasteiger partial charge >= 0.3 is 0 Å². The number of aryl methyl sites for hydroxylation is 2. The van der Waals surface area contributed by atoms with Crippen LogP contribution in [0, 0.1) is 13.8 Å². The molecule has 0 aliphatic rings. The van der Waals surface area contributed by atoms with E-state index in [0.717, 1.165) is 33.4 Å². The van der Waals surface area contributed by atoms with Crippen LogP contribution < -0.4 is 5.32 Å². The largest absolute Gasteiger partial charge is 0.306 e. The van der Waals surface area contributed by atoms with E-state index in [2.05, 4.69) is 31.7 Å². The first-order valence-electron chi connectivity index (χ1n) is 9.14. The fraction of sp³-hybridized carbons (Fsp3) is 0.250. The van der Waals surface area contributed by atoms with E-state index >= 15 is 0 Å². The van der Waals surface area contributed by atoms with Gasteiger partial charge in [0.15, 0.2) is 5.82 Å². The number of carbonyl (C=O) groups excluding carboxylic acids is 1. The third kappa shape index (κ3) is 3.36. The van der Waals surface area contributed by atoms with Crippen LogP contribution in [0.2, 0.25) is 0 Å². The van der Waals surface area contributed by atoms with Crippen molar-refractivity contribution in [1.29, 1.82) is 0 Å². The zero-order chi connectivity index (χ0) is 19.7. The van der Waals surface area contributed by atoms with Crippen LogP contribution in [0.5, 0.6) is 0 Å². The molecule has 0 aliphatic heterocycles. The molecule has 8 nitrogen and oxygen atoms in total. The summed E-state index contributed by atoms with van der Waals surface area (Å²) in [5.41, 5.74) is 4.73. The Morgan fingerprint density at radius 3 is 2.75 bits per heavy atom. The van der Waals surface area contributed by atoms with Gasteiger partial charge in [-0.15, -0.1) is 5.10 Å². The summed E-state index contributed by atoms with van der Waals surface area (Å²) in [5.74, 6) is 0.240. The van der Waals surface area contributed by atoms with Crippen molar-refractivity contribution in [2.45, 2.75) is 33.9 Å². The highest BCUT2D eigenvalue weighted by Gasteiger charge is 2.16. The molecule has 3 aromatic heterocycles. The fourth-order valence-electron chi connectivity index (χ4n) is 3.30. The average Bonchev–Trinajstić information content (AvgIpc) is 3.25. The van der Waals surface area contributed by atoms with Crippen LogP contribution >= 0.6 is 0 Å². The summed E-state index contributed by atoms with van der Waals surface area (Å²) in [6, 6.07) is 10.1. The standard InChI is InChI=1S/C20H21N7O/c1-4-27-22-11-18(25-27)23-19(28)12-26-14(3)20(13(2)24-26)16-9-15-7-5-6-8-17(15)21-10-16/h5-11H,4,12H2,1-3H3,(H,23,25,28). The Morgan fingerprint density at radius 1 is 1.14 bits per heavy atom. The molecule has 1 amide bonds. The molecular formula is C20H21N7O. The van der Waals surface area contributed by atoms with Crippen molar-refractivity contribution >= 4 is 22.6 Å². The predicted molar refractivity (Wildman–Crippen MR) is 107 cm³/mol. The summed E-state index contributed by atoms with van der Waals surface area (Å²) in [5, 5.41) is 16.6. The monoisotopic (exact) mass is 375 g/mol. The number of amides is 1. The number of para-hydroxylation sites is 1. The van der Waals surface area contributed by atoms with Crippen LogP contribution in [-0.4, -0.2) is 35.7 Å². The van der Waals surface area contributed by atoms with Crippen LogP contribution in [0.1, 0.15) is 18.3 Å². The quantitative estimate of drug-likeness (QED) is 0.579. The highest BCUT2D eigenvalue weighted by molar-refractivity contribution is 5.89. The van der Waals surface area contributed by atoms with Crippen molar-refractivity contribution in [2.75, 3.05) is 5.32 Å². The number of carbonyl (C=O) groups is 1. The van der Waals surface area contributed by atoms with E-state index in [4.69, 9.17) is 0 Å². The highest BCUT2D eigenvalue weighted by atomic mass is 16.2. The SMILES string of the molecule is CCn1ncc(NC(=O)Cn2nc(C)c(-c3cnc4ccccc4c3)c2C)n1. The molecule has 1 N–H and O–H groups in total. The minimum absolute atomic E-state index is 0.104. The number of fused-ring (bicyclic) bond motifs is 1. The smallest absolute Gasteiger partial charge is 0.247 e. The van der Waals surface area contributed by atoms with Gasteiger partial charge in [0, 0.05) is 28.4 Å². The van der Waals surface area contributed by atoms with Crippen LogP contribution in [0.25, 0.3) is 22.0 Å². The molecule has 0 bridgehead atoms. The van der Waals surface area contributed by atoms with Gasteiger partial charge in [-0.2, -0.15) is 15.0 Å². The fourth-order valence-corrected chi connectivity index (χ4v) is 3.30. The van der Waals surface area contributed by atoms with Gasteiger partial charge in [0.1, 0.15) is 6.54 Å². The summed E-state index contributed by atoms with van der Waals surface area (Å²) in [6.45, 7) is 6.59. The predicted octanol–water partition coefficient (Wildman–Crippen LogP) is 2.97. The molecule has 0 saturated carbocycles. The van der Waals surface area contributed by atoms with Crippen LogP contribution in [0.3, 0.4) is 0 Å². The third-order valence-corrected chi connectivity index (χ3v) is 4.64. The molecule has 0 spiro atoms. The zero-order valence-corrected chi connectivity index (χ0v) is 16.0. The summed E-state index contributed by atoms with van der Waals surface area (Å²) in [4.78, 5) is 18.5. The Morgan fingerprint density at radius 2 is 1.96 bits per heavy atom. The van der Waals surface area contributed by atoms with Crippen LogP contribution in [-0.2, 0) is 17.9 Å². The minimum Gasteiger partial charge on any atom is -0.306 e. The molecule has 4 aromatic rings. The number of hydrogen-bond donors (Lipinski definition) is 1. The second-order valence-electron chi connectivity index (χ2n) is 6.59. The van der Waals surface area contributed by atoms with Crippen molar-refractivity contribution in [2.24, 2.45) is 0 Å². The molecule has 0 aliphatic carbocycles. The van der Waals surface area contributed by atoms with E-state index in [1.165, 1.54) is 11.0 Å². The van der Waals surface area contributed by atoms with E-state index in [1.807, 2.05) is 51.2 Å². The van der Waals surface area contributed by atoms with Crippen molar-refractivity contribution in [3.63, 3.8) is 0 Å². The van der Waals surface area contributed by atoms with Crippen molar-refractivity contribution in [3.05, 3.63) is 54.1 Å². The molecule has 0 radical (unpaired) electrons. The number of benzene rings is 1. The Labute approximate surface area is 162 Å². The summed E-state index contributed by atoms with van der Waals surface area (Å²) in [6.07, 6.45) is 3.39. The number of pyridine rings is 1. The molecule has 8 heteroatoms. The van der Waals surface area contributed by atoms with E-state index < -0.39 is 0 Å². The van der Waals surface area contributed by atoms with Gasteiger partial charge in [-0.05, 0) is 32.9 Å². The molecular weight excluding hydrogens is 354 g/mol. The van der Waals surface area contributed by atoms with Crippen molar-refractivity contribution in [3.8, 4) is 11.1 Å². The lowest BCUT2D eigenvalue weighted by molar-refractivity contribution is -0.117. The second kappa shape index (κ2) is 7.22. The van der Waals surface area contributed by atoms with Crippen LogP contribution in [0.15, 0.2) is 42.7 Å². The highest BCUT2D eigenvalue weighted by Crippen LogP contribution is 2.28. The third-order valence-electron chi connectivity index (χ3n) is 4.64. The number of aromatic nitrogens is 6. The number of nitrogens with zero attached hydrogens (tertiary/aromatic N) is 6. The summed E-state index contributed by atoms with van der Waals surface area (Å²) in [7, 11) is 0.